The Morgan fingerprint density at radius 2 is 2.60 bits per heavy atom. The van der Waals surface area contributed by atoms with Crippen molar-refractivity contribution in [3.63, 3.8) is 0 Å². The van der Waals surface area contributed by atoms with Gasteiger partial charge in [-0.1, -0.05) is 0 Å². The number of rotatable bonds is 2. The van der Waals surface area contributed by atoms with Gasteiger partial charge in [0.2, 0.25) is 0 Å². The van der Waals surface area contributed by atoms with E-state index in [1.54, 1.807) is 0 Å². The first kappa shape index (κ1) is 4.36. The summed E-state index contributed by atoms with van der Waals surface area (Å²) in [5.41, 5.74) is 8.11. The van der Waals surface area contributed by atoms with Crippen LogP contribution in [0.5, 0.6) is 0 Å². The molecule has 0 bridgehead atoms. The van der Waals surface area contributed by atoms with Gasteiger partial charge >= 0.3 is 0 Å². The average molecular weight is 75.1 g/mol. The van der Waals surface area contributed by atoms with Crippen molar-refractivity contribution < 1.29 is 4.94 Å². The second-order valence-corrected chi connectivity index (χ2v) is 0.387. The van der Waals surface area contributed by atoms with E-state index < -0.39 is 0 Å². The third-order valence-electron chi connectivity index (χ3n) is 0.137. The molecule has 0 unspecified atom stereocenters. The molecule has 0 atom stereocenters. The summed E-state index contributed by atoms with van der Waals surface area (Å²) in [4.78, 5) is 3.88. The highest BCUT2D eigenvalue weighted by molar-refractivity contribution is 3.75. The Kier molecular flexibility index (Phi) is 2.93. The largest absolute Gasteiger partial charge is 0.280 e. The van der Waals surface area contributed by atoms with Crippen molar-refractivity contribution in [2.45, 2.75) is 0 Å². The van der Waals surface area contributed by atoms with Gasteiger partial charge in [-0.3, -0.25) is 4.94 Å². The zero-order valence-corrected chi connectivity index (χ0v) is 2.86. The molecule has 0 fully saturated rings. The summed E-state index contributed by atoms with van der Waals surface area (Å²) in [5, 5.41) is 2.49. The van der Waals surface area contributed by atoms with E-state index in [9.17, 15) is 0 Å². The van der Waals surface area contributed by atoms with Gasteiger partial charge in [-0.05, 0) is 0 Å². The van der Waals surface area contributed by atoms with Crippen LogP contribution in [0.25, 0.3) is 0 Å². The molecule has 0 saturated heterocycles. The molecule has 2 N–H and O–H groups in total. The number of hydrogen-bond acceptors (Lipinski definition) is 4. The molecule has 0 aromatic heterocycles. The van der Waals surface area contributed by atoms with Gasteiger partial charge in [-0.2, -0.15) is 5.53 Å². The first-order valence-corrected chi connectivity index (χ1v) is 1.11. The zero-order valence-electron chi connectivity index (χ0n) is 2.86. The van der Waals surface area contributed by atoms with Crippen molar-refractivity contribution in [2.24, 2.45) is 5.28 Å². The van der Waals surface area contributed by atoms with E-state index in [2.05, 4.69) is 15.7 Å². The fraction of sp³-hybridized carbons (Fsp3) is 1.00. The molecule has 0 aliphatic rings. The minimum atomic E-state index is 1.53. The Morgan fingerprint density at radius 3 is 2.60 bits per heavy atom. The Hall–Kier alpha value is -0.640. The van der Waals surface area contributed by atoms with Crippen molar-refractivity contribution in [2.75, 3.05) is 7.05 Å². The van der Waals surface area contributed by atoms with E-state index in [-0.39, 0.29) is 0 Å². The highest BCUT2D eigenvalue weighted by atomic mass is 16.8. The molecule has 0 aliphatic heterocycles. The quantitative estimate of drug-likeness (QED) is 0.361. The van der Waals surface area contributed by atoms with Crippen LogP contribution in [0, 0.1) is 5.53 Å². The van der Waals surface area contributed by atoms with E-state index in [4.69, 9.17) is 5.53 Å². The van der Waals surface area contributed by atoms with Crippen LogP contribution in [0.3, 0.4) is 0 Å². The monoisotopic (exact) mass is 75.0 g/mol. The van der Waals surface area contributed by atoms with Gasteiger partial charge in [0.05, 0.1) is 0 Å². The Labute approximate surface area is 29.5 Å². The molecular weight excluding hydrogens is 70.0 g/mol. The SMILES string of the molecule is CNON=N. The highest BCUT2D eigenvalue weighted by Gasteiger charge is 1.54. The molecule has 0 amide bonds. The fourth-order valence-corrected chi connectivity index (χ4v) is 0.0456. The van der Waals surface area contributed by atoms with Crippen LogP contribution >= 0.6 is 0 Å². The van der Waals surface area contributed by atoms with Gasteiger partial charge in [0.1, 0.15) is 0 Å². The molecule has 0 aromatic carbocycles. The minimum Gasteiger partial charge on any atom is -0.280 e. The number of nitrogens with zero attached hydrogens (tertiary/aromatic N) is 1. The lowest BCUT2D eigenvalue weighted by molar-refractivity contribution is 0.0414. The van der Waals surface area contributed by atoms with E-state index in [0.717, 1.165) is 0 Å². The Balaban J connectivity index is 2.40. The van der Waals surface area contributed by atoms with Crippen molar-refractivity contribution in [3.8, 4) is 0 Å². The number of hydroxylamine groups is 1. The lowest BCUT2D eigenvalue weighted by Crippen LogP contribution is -1.99. The van der Waals surface area contributed by atoms with Gasteiger partial charge in [-0.25, -0.2) is 0 Å². The van der Waals surface area contributed by atoms with Gasteiger partial charge < -0.3 is 0 Å². The summed E-state index contributed by atoms with van der Waals surface area (Å²) in [5.74, 6) is 0. The predicted molar refractivity (Wildman–Crippen MR) is 15.3 cm³/mol. The Morgan fingerprint density at radius 1 is 2.00 bits per heavy atom. The third kappa shape index (κ3) is 3.36. The highest BCUT2D eigenvalue weighted by Crippen LogP contribution is 1.53. The molecule has 30 valence electrons. The van der Waals surface area contributed by atoms with Crippen LogP contribution in [-0.4, -0.2) is 7.05 Å². The molecular formula is CH5N3O. The molecule has 0 rings (SSSR count). The smallest absolute Gasteiger partial charge is 0.0406 e. The molecule has 0 heterocycles. The first-order valence-electron chi connectivity index (χ1n) is 1.11. The molecule has 0 radical (unpaired) electrons. The van der Waals surface area contributed by atoms with Crippen molar-refractivity contribution >= 4 is 0 Å². The standard InChI is InChI=1S/CH5N3O/c1-3-5-4-2/h2-3H,1H3. The van der Waals surface area contributed by atoms with Crippen LogP contribution in [0.15, 0.2) is 5.28 Å². The summed E-state index contributed by atoms with van der Waals surface area (Å²) in [6, 6.07) is 0. The van der Waals surface area contributed by atoms with Crippen LogP contribution in [0.2, 0.25) is 0 Å². The molecule has 4 nitrogen and oxygen atoms in total. The van der Waals surface area contributed by atoms with Crippen LogP contribution in [0.4, 0.5) is 0 Å². The van der Waals surface area contributed by atoms with E-state index in [1.165, 1.54) is 7.05 Å². The topological polar surface area (TPSA) is 57.5 Å². The van der Waals surface area contributed by atoms with Gasteiger partial charge in [-0.15, -0.1) is 5.48 Å². The summed E-state index contributed by atoms with van der Waals surface area (Å²) >= 11 is 0. The van der Waals surface area contributed by atoms with E-state index >= 15 is 0 Å². The normalized spacial score (nSPS) is 6.60. The molecule has 0 saturated carbocycles. The number of hydrogen-bond donors (Lipinski definition) is 2. The summed E-state index contributed by atoms with van der Waals surface area (Å²) < 4.78 is 0. The summed E-state index contributed by atoms with van der Waals surface area (Å²) in [6.07, 6.45) is 0. The predicted octanol–water partition coefficient (Wildman–Crippen LogP) is 0.0834. The fourth-order valence-electron chi connectivity index (χ4n) is 0.0456. The van der Waals surface area contributed by atoms with Crippen LogP contribution < -0.4 is 5.48 Å². The maximum Gasteiger partial charge on any atom is 0.0406 e. The second kappa shape index (κ2) is 3.36. The maximum absolute atomic E-state index is 5.94. The van der Waals surface area contributed by atoms with E-state index in [0.29, 0.717) is 0 Å². The Bertz CT molecular complexity index is 28.1. The lowest BCUT2D eigenvalue weighted by atomic mass is 11.6. The summed E-state index contributed by atoms with van der Waals surface area (Å²) in [7, 11) is 1.53. The van der Waals surface area contributed by atoms with Crippen molar-refractivity contribution in [3.05, 3.63) is 0 Å². The molecule has 0 spiro atoms. The van der Waals surface area contributed by atoms with Crippen LogP contribution in [-0.2, 0) is 4.94 Å². The van der Waals surface area contributed by atoms with E-state index in [1.807, 2.05) is 0 Å². The molecule has 5 heavy (non-hydrogen) atoms. The van der Waals surface area contributed by atoms with Crippen molar-refractivity contribution in [1.29, 1.82) is 5.53 Å². The minimum absolute atomic E-state index is 1.53. The van der Waals surface area contributed by atoms with Crippen LogP contribution in [0.1, 0.15) is 0 Å². The maximum atomic E-state index is 5.94. The van der Waals surface area contributed by atoms with Gasteiger partial charge in [0, 0.05) is 12.3 Å². The number of nitrogens with one attached hydrogen (secondary N) is 2. The molecule has 0 aliphatic carbocycles. The molecule has 4 heteroatoms. The molecule has 0 aromatic rings. The van der Waals surface area contributed by atoms with Gasteiger partial charge in [0.15, 0.2) is 0 Å². The summed E-state index contributed by atoms with van der Waals surface area (Å²) in [6.45, 7) is 0. The zero-order chi connectivity index (χ0) is 4.12. The third-order valence-corrected chi connectivity index (χ3v) is 0.137. The van der Waals surface area contributed by atoms with Crippen molar-refractivity contribution in [1.82, 2.24) is 5.48 Å². The van der Waals surface area contributed by atoms with Gasteiger partial charge in [0.25, 0.3) is 0 Å². The first-order chi connectivity index (χ1) is 2.41. The lowest BCUT2D eigenvalue weighted by Gasteiger charge is -1.81. The average Bonchev–Trinajstić information content (AvgIpc) is 1.41. The second-order valence-electron chi connectivity index (χ2n) is 0.387.